The molecular formula is C13H16BrFN2O3. The van der Waals surface area contributed by atoms with E-state index < -0.39 is 5.97 Å². The number of rotatable bonds is 7. The summed E-state index contributed by atoms with van der Waals surface area (Å²) in [5.41, 5.74) is 0.519. The van der Waals surface area contributed by atoms with Gasteiger partial charge in [-0.15, -0.1) is 0 Å². The summed E-state index contributed by atoms with van der Waals surface area (Å²) in [6, 6.07) is 4.26. The number of carboxylic acids is 1. The molecule has 0 radical (unpaired) electrons. The fourth-order valence-electron chi connectivity index (χ4n) is 1.55. The van der Waals surface area contributed by atoms with Crippen molar-refractivity contribution in [2.45, 2.75) is 19.3 Å². The lowest BCUT2D eigenvalue weighted by atomic mass is 10.1. The van der Waals surface area contributed by atoms with E-state index in [-0.39, 0.29) is 18.3 Å². The zero-order valence-corrected chi connectivity index (χ0v) is 12.4. The molecule has 0 fully saturated rings. The number of hydrogen-bond acceptors (Lipinski definition) is 2. The molecule has 0 aliphatic carbocycles. The van der Waals surface area contributed by atoms with Crippen molar-refractivity contribution in [1.29, 1.82) is 0 Å². The summed E-state index contributed by atoms with van der Waals surface area (Å²) in [5.74, 6) is -1.20. The molecule has 3 N–H and O–H groups in total. The van der Waals surface area contributed by atoms with Gasteiger partial charge in [-0.3, -0.25) is 4.79 Å². The summed E-state index contributed by atoms with van der Waals surface area (Å²) in [5, 5.41) is 13.5. The molecule has 0 atom stereocenters. The van der Waals surface area contributed by atoms with Crippen LogP contribution in [-0.2, 0) is 11.2 Å². The number of aliphatic carboxylic acids is 1. The second kappa shape index (κ2) is 8.52. The second-order valence-electron chi connectivity index (χ2n) is 4.17. The van der Waals surface area contributed by atoms with E-state index in [4.69, 9.17) is 5.11 Å². The molecular weight excluding hydrogens is 331 g/mol. The smallest absolute Gasteiger partial charge is 0.314 e. The number of hydrogen-bond donors (Lipinski definition) is 3. The van der Waals surface area contributed by atoms with Gasteiger partial charge in [0.2, 0.25) is 0 Å². The standard InChI is InChI=1S/C13H16BrFN2O3/c14-10-3-4-11(15)9(8-10)5-7-17-13(20)16-6-1-2-12(18)19/h3-4,8H,1-2,5-7H2,(H,18,19)(H2,16,17,20). The quantitative estimate of drug-likeness (QED) is 0.663. The van der Waals surface area contributed by atoms with Crippen molar-refractivity contribution in [3.63, 3.8) is 0 Å². The zero-order valence-electron chi connectivity index (χ0n) is 10.8. The molecule has 110 valence electrons. The van der Waals surface area contributed by atoms with Gasteiger partial charge in [0.1, 0.15) is 5.82 Å². The Kier molecular flexibility index (Phi) is 7.00. The Bertz CT molecular complexity index is 483. The van der Waals surface area contributed by atoms with Crippen molar-refractivity contribution in [2.24, 2.45) is 0 Å². The average Bonchev–Trinajstić information content (AvgIpc) is 2.38. The van der Waals surface area contributed by atoms with Gasteiger partial charge in [0.15, 0.2) is 0 Å². The summed E-state index contributed by atoms with van der Waals surface area (Å²) >= 11 is 3.26. The predicted molar refractivity (Wildman–Crippen MR) is 76.1 cm³/mol. The lowest BCUT2D eigenvalue weighted by Gasteiger charge is -2.08. The van der Waals surface area contributed by atoms with E-state index in [2.05, 4.69) is 26.6 Å². The normalized spacial score (nSPS) is 10.1. The number of amides is 2. The van der Waals surface area contributed by atoms with E-state index in [1.807, 2.05) is 0 Å². The van der Waals surface area contributed by atoms with Crippen molar-refractivity contribution >= 4 is 27.9 Å². The van der Waals surface area contributed by atoms with Gasteiger partial charge in [-0.05, 0) is 36.6 Å². The number of carboxylic acid groups (broad SMARTS) is 1. The number of halogens is 2. The van der Waals surface area contributed by atoms with Crippen molar-refractivity contribution in [1.82, 2.24) is 10.6 Å². The molecule has 0 saturated carbocycles. The Balaban J connectivity index is 2.21. The number of nitrogens with one attached hydrogen (secondary N) is 2. The lowest BCUT2D eigenvalue weighted by molar-refractivity contribution is -0.137. The van der Waals surface area contributed by atoms with Crippen LogP contribution in [0.25, 0.3) is 0 Å². The van der Waals surface area contributed by atoms with Crippen LogP contribution in [0.3, 0.4) is 0 Å². The Morgan fingerprint density at radius 3 is 2.65 bits per heavy atom. The summed E-state index contributed by atoms with van der Waals surface area (Å²) in [4.78, 5) is 21.6. The maximum absolute atomic E-state index is 13.4. The van der Waals surface area contributed by atoms with E-state index in [0.717, 1.165) is 4.47 Å². The monoisotopic (exact) mass is 346 g/mol. The summed E-state index contributed by atoms with van der Waals surface area (Å²) in [6.45, 7) is 0.599. The molecule has 0 spiro atoms. The third-order valence-electron chi connectivity index (χ3n) is 2.54. The van der Waals surface area contributed by atoms with Crippen LogP contribution in [0.2, 0.25) is 0 Å². The Labute approximate surface area is 124 Å². The molecule has 1 rings (SSSR count). The highest BCUT2D eigenvalue weighted by Crippen LogP contribution is 2.15. The van der Waals surface area contributed by atoms with Gasteiger partial charge in [-0.1, -0.05) is 15.9 Å². The van der Waals surface area contributed by atoms with E-state index >= 15 is 0 Å². The van der Waals surface area contributed by atoms with Crippen LogP contribution in [0.5, 0.6) is 0 Å². The molecule has 2 amide bonds. The molecule has 1 aromatic carbocycles. The Morgan fingerprint density at radius 2 is 1.95 bits per heavy atom. The average molecular weight is 347 g/mol. The highest BCUT2D eigenvalue weighted by atomic mass is 79.9. The molecule has 0 bridgehead atoms. The SMILES string of the molecule is O=C(O)CCCNC(=O)NCCc1cc(Br)ccc1F. The third kappa shape index (κ3) is 6.51. The van der Waals surface area contributed by atoms with Crippen LogP contribution >= 0.6 is 15.9 Å². The van der Waals surface area contributed by atoms with Crippen LogP contribution in [-0.4, -0.2) is 30.2 Å². The van der Waals surface area contributed by atoms with Crippen LogP contribution in [0.4, 0.5) is 9.18 Å². The van der Waals surface area contributed by atoms with Crippen molar-refractivity contribution in [3.05, 3.63) is 34.1 Å². The summed E-state index contributed by atoms with van der Waals surface area (Å²) in [6.07, 6.45) is 0.778. The number of carbonyl (C=O) groups excluding carboxylic acids is 1. The van der Waals surface area contributed by atoms with Crippen molar-refractivity contribution in [3.8, 4) is 0 Å². The minimum Gasteiger partial charge on any atom is -0.481 e. The highest BCUT2D eigenvalue weighted by molar-refractivity contribution is 9.10. The van der Waals surface area contributed by atoms with Gasteiger partial charge >= 0.3 is 12.0 Å². The van der Waals surface area contributed by atoms with E-state index in [9.17, 15) is 14.0 Å². The molecule has 1 aromatic rings. The van der Waals surface area contributed by atoms with Crippen LogP contribution < -0.4 is 10.6 Å². The van der Waals surface area contributed by atoms with Crippen molar-refractivity contribution in [2.75, 3.05) is 13.1 Å². The predicted octanol–water partition coefficient (Wildman–Crippen LogP) is 2.29. The molecule has 0 saturated heterocycles. The first kappa shape index (κ1) is 16.4. The first-order chi connectivity index (χ1) is 9.49. The molecule has 7 heteroatoms. The molecule has 0 aliphatic rings. The first-order valence-electron chi connectivity index (χ1n) is 6.16. The molecule has 0 unspecified atom stereocenters. The summed E-state index contributed by atoms with van der Waals surface area (Å²) in [7, 11) is 0. The van der Waals surface area contributed by atoms with Gasteiger partial charge in [-0.25, -0.2) is 9.18 Å². The van der Waals surface area contributed by atoms with Gasteiger partial charge in [0.25, 0.3) is 0 Å². The largest absolute Gasteiger partial charge is 0.481 e. The van der Waals surface area contributed by atoms with E-state index in [0.29, 0.717) is 31.5 Å². The third-order valence-corrected chi connectivity index (χ3v) is 3.03. The van der Waals surface area contributed by atoms with Crippen LogP contribution in [0.15, 0.2) is 22.7 Å². The van der Waals surface area contributed by atoms with Gasteiger partial charge < -0.3 is 15.7 Å². The molecule has 20 heavy (non-hydrogen) atoms. The number of urea groups is 1. The Morgan fingerprint density at radius 1 is 1.25 bits per heavy atom. The van der Waals surface area contributed by atoms with E-state index in [1.165, 1.54) is 6.07 Å². The second-order valence-corrected chi connectivity index (χ2v) is 5.08. The maximum Gasteiger partial charge on any atom is 0.314 e. The maximum atomic E-state index is 13.4. The van der Waals surface area contributed by atoms with Gasteiger partial charge in [-0.2, -0.15) is 0 Å². The van der Waals surface area contributed by atoms with Crippen LogP contribution in [0.1, 0.15) is 18.4 Å². The van der Waals surface area contributed by atoms with Crippen LogP contribution in [0, 0.1) is 5.82 Å². The molecule has 5 nitrogen and oxygen atoms in total. The zero-order chi connectivity index (χ0) is 15.0. The minimum absolute atomic E-state index is 0.0174. The minimum atomic E-state index is -0.891. The Hall–Kier alpha value is -1.63. The van der Waals surface area contributed by atoms with Crippen molar-refractivity contribution < 1.29 is 19.1 Å². The fourth-order valence-corrected chi connectivity index (χ4v) is 1.96. The fraction of sp³-hybridized carbons (Fsp3) is 0.385. The summed E-state index contributed by atoms with van der Waals surface area (Å²) < 4.78 is 14.2. The lowest BCUT2D eigenvalue weighted by Crippen LogP contribution is -2.37. The molecule has 0 heterocycles. The van der Waals surface area contributed by atoms with E-state index in [1.54, 1.807) is 12.1 Å². The number of benzene rings is 1. The van der Waals surface area contributed by atoms with Gasteiger partial charge in [0.05, 0.1) is 0 Å². The highest BCUT2D eigenvalue weighted by Gasteiger charge is 2.04. The first-order valence-corrected chi connectivity index (χ1v) is 6.96. The topological polar surface area (TPSA) is 78.4 Å². The number of carbonyl (C=O) groups is 2. The molecule has 0 aromatic heterocycles. The molecule has 0 aliphatic heterocycles. The van der Waals surface area contributed by atoms with Gasteiger partial charge in [0, 0.05) is 24.0 Å².